The summed E-state index contributed by atoms with van der Waals surface area (Å²) in [7, 11) is 0. The number of Topliss-reactive ketones (excluding diaryl/α,β-unsaturated/α-hetero) is 1. The summed E-state index contributed by atoms with van der Waals surface area (Å²) in [6, 6.07) is 15.0. The molecule has 0 radical (unpaired) electrons. The van der Waals surface area contributed by atoms with Crippen molar-refractivity contribution < 1.29 is 9.18 Å². The van der Waals surface area contributed by atoms with Crippen LogP contribution in [0.25, 0.3) is 0 Å². The molecule has 0 spiro atoms. The van der Waals surface area contributed by atoms with Gasteiger partial charge < -0.3 is 15.1 Å². The van der Waals surface area contributed by atoms with Gasteiger partial charge in [-0.2, -0.15) is 0 Å². The highest BCUT2D eigenvalue weighted by Gasteiger charge is 2.21. The Labute approximate surface area is 165 Å². The highest BCUT2D eigenvalue weighted by Crippen LogP contribution is 2.22. The van der Waals surface area contributed by atoms with E-state index in [2.05, 4.69) is 22.3 Å². The molecule has 0 amide bonds. The molecule has 1 aliphatic rings. The number of carbonyl (C=O) groups excluding carboxylic acids is 1. The van der Waals surface area contributed by atoms with Gasteiger partial charge in [-0.3, -0.25) is 4.79 Å². The zero-order valence-corrected chi connectivity index (χ0v) is 16.3. The first-order valence-corrected chi connectivity index (χ1v) is 9.57. The molecule has 4 nitrogen and oxygen atoms in total. The van der Waals surface area contributed by atoms with E-state index in [0.717, 1.165) is 31.2 Å². The number of nitrogens with one attached hydrogen (secondary N) is 1. The third kappa shape index (κ3) is 5.04. The lowest BCUT2D eigenvalue weighted by Crippen LogP contribution is -2.52. The summed E-state index contributed by atoms with van der Waals surface area (Å²) >= 11 is 5.50. The minimum absolute atomic E-state index is 0.128. The number of carbonyl (C=O) groups is 1. The molecular formula is C21H24FN3OS. The summed E-state index contributed by atoms with van der Waals surface area (Å²) in [6.07, 6.45) is 0.925. The van der Waals surface area contributed by atoms with Crippen LogP contribution in [0.5, 0.6) is 0 Å². The fourth-order valence-electron chi connectivity index (χ4n) is 3.20. The lowest BCUT2D eigenvalue weighted by atomic mass is 10.1. The molecule has 0 atom stereocenters. The summed E-state index contributed by atoms with van der Waals surface area (Å²) in [4.78, 5) is 15.5. The van der Waals surface area contributed by atoms with Crippen LogP contribution in [0.4, 0.5) is 10.1 Å². The van der Waals surface area contributed by atoms with Crippen molar-refractivity contribution in [2.24, 2.45) is 0 Å². The second-order valence-corrected chi connectivity index (χ2v) is 7.05. The van der Waals surface area contributed by atoms with Gasteiger partial charge in [-0.25, -0.2) is 4.39 Å². The Morgan fingerprint density at radius 1 is 1.11 bits per heavy atom. The molecular weight excluding hydrogens is 361 g/mol. The second-order valence-electron chi connectivity index (χ2n) is 6.66. The summed E-state index contributed by atoms with van der Waals surface area (Å²) in [5.41, 5.74) is 2.23. The van der Waals surface area contributed by atoms with E-state index in [1.165, 1.54) is 18.6 Å². The Balaban J connectivity index is 1.48. The van der Waals surface area contributed by atoms with E-state index >= 15 is 0 Å². The van der Waals surface area contributed by atoms with E-state index in [1.54, 1.807) is 12.1 Å². The third-order valence-corrected chi connectivity index (χ3v) is 5.20. The Bertz CT molecular complexity index is 804. The molecule has 1 saturated heterocycles. The molecule has 2 aromatic rings. The Kier molecular flexibility index (Phi) is 6.40. The first kappa shape index (κ1) is 19.3. The van der Waals surface area contributed by atoms with Gasteiger partial charge in [0, 0.05) is 38.3 Å². The van der Waals surface area contributed by atoms with Crippen LogP contribution in [-0.4, -0.2) is 48.5 Å². The normalized spacial score (nSPS) is 14.1. The summed E-state index contributed by atoms with van der Waals surface area (Å²) < 4.78 is 14.3. The Morgan fingerprint density at radius 3 is 2.44 bits per heavy atom. The molecule has 1 aliphatic heterocycles. The van der Waals surface area contributed by atoms with E-state index in [9.17, 15) is 9.18 Å². The Hall–Kier alpha value is -2.47. The van der Waals surface area contributed by atoms with Crippen LogP contribution in [-0.2, 0) is 6.42 Å². The van der Waals surface area contributed by atoms with Crippen LogP contribution in [0, 0.1) is 5.82 Å². The van der Waals surface area contributed by atoms with Gasteiger partial charge in [-0.05, 0) is 49.3 Å². The molecule has 0 saturated carbocycles. The molecule has 0 unspecified atom stereocenters. The fourth-order valence-corrected chi connectivity index (χ4v) is 3.49. The van der Waals surface area contributed by atoms with Gasteiger partial charge in [-0.15, -0.1) is 0 Å². The lowest BCUT2D eigenvalue weighted by molar-refractivity contribution is 0.101. The number of halogens is 1. The third-order valence-electron chi connectivity index (χ3n) is 4.79. The van der Waals surface area contributed by atoms with Crippen molar-refractivity contribution in [3.8, 4) is 0 Å². The molecule has 3 rings (SSSR count). The largest absolute Gasteiger partial charge is 0.366 e. The predicted octanol–water partition coefficient (Wildman–Crippen LogP) is 3.27. The molecule has 1 fully saturated rings. The van der Waals surface area contributed by atoms with Crippen molar-refractivity contribution in [1.29, 1.82) is 0 Å². The maximum Gasteiger partial charge on any atom is 0.169 e. The minimum Gasteiger partial charge on any atom is -0.366 e. The molecule has 2 aromatic carbocycles. The van der Waals surface area contributed by atoms with Crippen LogP contribution in [0.1, 0.15) is 22.8 Å². The number of nitrogens with zero attached hydrogens (tertiary/aromatic N) is 2. The standard InChI is InChI=1S/C21H24FN3OS/c1-16(26)18-7-8-20(19(22)15-18)24-11-13-25(14-12-24)21(27)23-10-9-17-5-3-2-4-6-17/h2-8,15H,9-14H2,1H3,(H,23,27). The van der Waals surface area contributed by atoms with E-state index in [0.29, 0.717) is 24.3 Å². The molecule has 27 heavy (non-hydrogen) atoms. The van der Waals surface area contributed by atoms with Gasteiger partial charge in [0.15, 0.2) is 10.9 Å². The van der Waals surface area contributed by atoms with Crippen LogP contribution >= 0.6 is 12.2 Å². The predicted molar refractivity (Wildman–Crippen MR) is 111 cm³/mol. The molecule has 142 valence electrons. The van der Waals surface area contributed by atoms with Gasteiger partial charge >= 0.3 is 0 Å². The summed E-state index contributed by atoms with van der Waals surface area (Å²) in [5, 5.41) is 4.06. The quantitative estimate of drug-likeness (QED) is 0.631. The lowest BCUT2D eigenvalue weighted by Gasteiger charge is -2.37. The van der Waals surface area contributed by atoms with Gasteiger partial charge in [0.05, 0.1) is 5.69 Å². The highest BCUT2D eigenvalue weighted by molar-refractivity contribution is 7.80. The van der Waals surface area contributed by atoms with E-state index in [-0.39, 0.29) is 11.6 Å². The molecule has 1 N–H and O–H groups in total. The monoisotopic (exact) mass is 385 g/mol. The number of hydrogen-bond donors (Lipinski definition) is 1. The minimum atomic E-state index is -0.347. The Morgan fingerprint density at radius 2 is 1.81 bits per heavy atom. The van der Waals surface area contributed by atoms with Crippen LogP contribution < -0.4 is 10.2 Å². The number of piperazine rings is 1. The second kappa shape index (κ2) is 8.95. The van der Waals surface area contributed by atoms with Crippen molar-refractivity contribution in [2.45, 2.75) is 13.3 Å². The number of thiocarbonyl (C=S) groups is 1. The van der Waals surface area contributed by atoms with Crippen molar-refractivity contribution >= 4 is 28.8 Å². The average molecular weight is 386 g/mol. The number of ketones is 1. The first-order chi connectivity index (χ1) is 13.0. The van der Waals surface area contributed by atoms with Crippen molar-refractivity contribution in [1.82, 2.24) is 10.2 Å². The molecule has 0 bridgehead atoms. The number of hydrogen-bond acceptors (Lipinski definition) is 3. The van der Waals surface area contributed by atoms with Crippen LogP contribution in [0.15, 0.2) is 48.5 Å². The molecule has 1 heterocycles. The number of anilines is 1. The zero-order chi connectivity index (χ0) is 19.2. The molecule has 0 aromatic heterocycles. The average Bonchev–Trinajstić information content (AvgIpc) is 2.69. The van der Waals surface area contributed by atoms with Crippen LogP contribution in [0.3, 0.4) is 0 Å². The first-order valence-electron chi connectivity index (χ1n) is 9.17. The number of benzene rings is 2. The molecule has 6 heteroatoms. The smallest absolute Gasteiger partial charge is 0.169 e. The summed E-state index contributed by atoms with van der Waals surface area (Å²) in [6.45, 7) is 5.10. The van der Waals surface area contributed by atoms with Crippen LogP contribution in [0.2, 0.25) is 0 Å². The van der Waals surface area contributed by atoms with Gasteiger partial charge in [0.25, 0.3) is 0 Å². The maximum atomic E-state index is 14.3. The molecule has 0 aliphatic carbocycles. The number of rotatable bonds is 5. The SMILES string of the molecule is CC(=O)c1ccc(N2CCN(C(=S)NCCc3ccccc3)CC2)c(F)c1. The van der Waals surface area contributed by atoms with Gasteiger partial charge in [0.1, 0.15) is 5.82 Å². The fraction of sp³-hybridized carbons (Fsp3) is 0.333. The topological polar surface area (TPSA) is 35.6 Å². The van der Waals surface area contributed by atoms with E-state index in [4.69, 9.17) is 12.2 Å². The summed E-state index contributed by atoms with van der Waals surface area (Å²) in [5.74, 6) is -0.475. The van der Waals surface area contributed by atoms with Crippen molar-refractivity contribution in [3.05, 3.63) is 65.5 Å². The maximum absolute atomic E-state index is 14.3. The zero-order valence-electron chi connectivity index (χ0n) is 15.5. The van der Waals surface area contributed by atoms with E-state index < -0.39 is 0 Å². The van der Waals surface area contributed by atoms with Gasteiger partial charge in [-0.1, -0.05) is 30.3 Å². The van der Waals surface area contributed by atoms with Gasteiger partial charge in [0.2, 0.25) is 0 Å². The highest BCUT2D eigenvalue weighted by atomic mass is 32.1. The van der Waals surface area contributed by atoms with E-state index in [1.807, 2.05) is 23.1 Å². The van der Waals surface area contributed by atoms with Crippen molar-refractivity contribution in [3.63, 3.8) is 0 Å². The van der Waals surface area contributed by atoms with Crippen molar-refractivity contribution in [2.75, 3.05) is 37.6 Å².